The lowest BCUT2D eigenvalue weighted by Gasteiger charge is -2.39. The number of carbonyl (C=O) groups is 1. The zero-order valence-electron chi connectivity index (χ0n) is 13.4. The number of nitrogens with zero attached hydrogens (tertiary/aromatic N) is 2. The molecule has 0 unspecified atom stereocenters. The minimum absolute atomic E-state index is 0.124. The van der Waals surface area contributed by atoms with Gasteiger partial charge in [-0.05, 0) is 43.4 Å². The number of piperidine rings is 1. The quantitative estimate of drug-likeness (QED) is 0.854. The van der Waals surface area contributed by atoms with Crippen molar-refractivity contribution < 1.29 is 14.3 Å². The predicted octanol–water partition coefficient (Wildman–Crippen LogP) is 2.16. The first kappa shape index (κ1) is 15.1. The molecule has 0 bridgehead atoms. The minimum Gasteiger partial charge on any atom is -0.371 e. The lowest BCUT2D eigenvalue weighted by Crippen LogP contribution is -2.50. The van der Waals surface area contributed by atoms with Crippen LogP contribution in [-0.4, -0.2) is 47.2 Å². The highest BCUT2D eigenvalue weighted by Crippen LogP contribution is 2.38. The number of amides is 1. The second kappa shape index (κ2) is 6.21. The van der Waals surface area contributed by atoms with Gasteiger partial charge in [-0.15, -0.1) is 0 Å². The van der Waals surface area contributed by atoms with Gasteiger partial charge in [-0.3, -0.25) is 9.78 Å². The SMILES string of the molecule is O=C(C1CC1)N1CCC[C@]2(C[C@@H](OCc3ccncc3)CO2)C1. The maximum Gasteiger partial charge on any atom is 0.225 e. The Hall–Kier alpha value is -1.46. The van der Waals surface area contributed by atoms with E-state index in [9.17, 15) is 4.79 Å². The van der Waals surface area contributed by atoms with Crippen molar-refractivity contribution in [2.75, 3.05) is 19.7 Å². The van der Waals surface area contributed by atoms with Crippen molar-refractivity contribution in [1.82, 2.24) is 9.88 Å². The molecule has 23 heavy (non-hydrogen) atoms. The Morgan fingerprint density at radius 1 is 1.39 bits per heavy atom. The molecule has 0 N–H and O–H groups in total. The molecule has 3 fully saturated rings. The van der Waals surface area contributed by atoms with E-state index < -0.39 is 0 Å². The molecule has 1 spiro atoms. The van der Waals surface area contributed by atoms with Crippen LogP contribution in [0, 0.1) is 5.92 Å². The summed E-state index contributed by atoms with van der Waals surface area (Å²) in [7, 11) is 0. The third-order valence-corrected chi connectivity index (χ3v) is 5.19. The normalized spacial score (nSPS) is 30.8. The summed E-state index contributed by atoms with van der Waals surface area (Å²) in [6.07, 6.45) is 8.81. The Balaban J connectivity index is 1.32. The van der Waals surface area contributed by atoms with E-state index in [0.717, 1.165) is 50.8 Å². The van der Waals surface area contributed by atoms with E-state index in [1.54, 1.807) is 12.4 Å². The monoisotopic (exact) mass is 316 g/mol. The van der Waals surface area contributed by atoms with Gasteiger partial charge in [0.2, 0.25) is 5.91 Å². The highest BCUT2D eigenvalue weighted by Gasteiger charge is 2.46. The lowest BCUT2D eigenvalue weighted by atomic mass is 9.89. The fourth-order valence-electron chi connectivity index (χ4n) is 3.76. The fourth-order valence-corrected chi connectivity index (χ4v) is 3.76. The van der Waals surface area contributed by atoms with Crippen LogP contribution >= 0.6 is 0 Å². The maximum absolute atomic E-state index is 12.3. The summed E-state index contributed by atoms with van der Waals surface area (Å²) in [6, 6.07) is 3.95. The van der Waals surface area contributed by atoms with Gasteiger partial charge in [0.25, 0.3) is 0 Å². The molecular formula is C18H24N2O3. The van der Waals surface area contributed by atoms with Crippen LogP contribution < -0.4 is 0 Å². The molecule has 124 valence electrons. The molecule has 4 rings (SSSR count). The van der Waals surface area contributed by atoms with E-state index >= 15 is 0 Å². The molecule has 1 aromatic heterocycles. The van der Waals surface area contributed by atoms with Crippen LogP contribution in [0.25, 0.3) is 0 Å². The number of rotatable bonds is 4. The summed E-state index contributed by atoms with van der Waals surface area (Å²) in [5.41, 5.74) is 0.959. The van der Waals surface area contributed by atoms with Gasteiger partial charge in [0.1, 0.15) is 0 Å². The molecule has 3 aliphatic rings. The van der Waals surface area contributed by atoms with Crippen molar-refractivity contribution in [1.29, 1.82) is 0 Å². The molecule has 5 heteroatoms. The molecule has 2 atom stereocenters. The van der Waals surface area contributed by atoms with Gasteiger partial charge < -0.3 is 14.4 Å². The van der Waals surface area contributed by atoms with Crippen molar-refractivity contribution in [2.45, 2.75) is 50.4 Å². The van der Waals surface area contributed by atoms with Gasteiger partial charge in [0.15, 0.2) is 0 Å². The Bertz CT molecular complexity index is 561. The van der Waals surface area contributed by atoms with Crippen molar-refractivity contribution in [3.05, 3.63) is 30.1 Å². The number of aromatic nitrogens is 1. The largest absolute Gasteiger partial charge is 0.371 e. The number of likely N-dealkylation sites (tertiary alicyclic amines) is 1. The van der Waals surface area contributed by atoms with E-state index in [0.29, 0.717) is 25.0 Å². The molecule has 2 aliphatic heterocycles. The summed E-state index contributed by atoms with van der Waals surface area (Å²) in [4.78, 5) is 18.4. The first-order chi connectivity index (χ1) is 11.2. The zero-order valence-corrected chi connectivity index (χ0v) is 13.4. The molecule has 0 aromatic carbocycles. The third-order valence-electron chi connectivity index (χ3n) is 5.19. The first-order valence-corrected chi connectivity index (χ1v) is 8.67. The van der Waals surface area contributed by atoms with E-state index in [1.165, 1.54) is 0 Å². The molecule has 5 nitrogen and oxygen atoms in total. The average Bonchev–Trinajstić information content (AvgIpc) is 3.37. The second-order valence-electron chi connectivity index (χ2n) is 7.12. The predicted molar refractivity (Wildman–Crippen MR) is 84.7 cm³/mol. The fraction of sp³-hybridized carbons (Fsp3) is 0.667. The van der Waals surface area contributed by atoms with Gasteiger partial charge in [-0.2, -0.15) is 0 Å². The molecule has 1 aromatic rings. The van der Waals surface area contributed by atoms with Crippen molar-refractivity contribution in [3.8, 4) is 0 Å². The number of hydrogen-bond acceptors (Lipinski definition) is 4. The Morgan fingerprint density at radius 2 is 2.22 bits per heavy atom. The summed E-state index contributed by atoms with van der Waals surface area (Å²) >= 11 is 0. The number of ether oxygens (including phenoxy) is 2. The third kappa shape index (κ3) is 3.40. The Morgan fingerprint density at radius 3 is 3.00 bits per heavy atom. The summed E-state index contributed by atoms with van der Waals surface area (Å²) in [6.45, 7) is 2.87. The number of pyridine rings is 1. The van der Waals surface area contributed by atoms with Crippen LogP contribution in [0.2, 0.25) is 0 Å². The Kier molecular flexibility index (Phi) is 4.07. The standard InChI is InChI=1S/C18H24N2O3/c21-17(15-2-3-15)20-9-1-6-18(13-20)10-16(12-23-18)22-11-14-4-7-19-8-5-14/h4-5,7-8,15-16H,1-3,6,9-13H2/t16-,18+/m1/s1. The summed E-state index contributed by atoms with van der Waals surface area (Å²) in [5, 5.41) is 0. The van der Waals surface area contributed by atoms with Crippen LogP contribution in [0.3, 0.4) is 0 Å². The van der Waals surface area contributed by atoms with Crippen molar-refractivity contribution in [3.63, 3.8) is 0 Å². The van der Waals surface area contributed by atoms with Gasteiger partial charge in [-0.25, -0.2) is 0 Å². The second-order valence-corrected chi connectivity index (χ2v) is 7.12. The molecule has 1 aliphatic carbocycles. The summed E-state index contributed by atoms with van der Waals surface area (Å²) < 4.78 is 12.1. The molecule has 2 saturated heterocycles. The topological polar surface area (TPSA) is 51.7 Å². The van der Waals surface area contributed by atoms with Crippen molar-refractivity contribution >= 4 is 5.91 Å². The zero-order chi connectivity index (χ0) is 15.7. The van der Waals surface area contributed by atoms with E-state index in [-0.39, 0.29) is 11.7 Å². The van der Waals surface area contributed by atoms with E-state index in [4.69, 9.17) is 9.47 Å². The number of carbonyl (C=O) groups excluding carboxylic acids is 1. The Labute approximate surface area is 137 Å². The smallest absolute Gasteiger partial charge is 0.225 e. The van der Waals surface area contributed by atoms with Crippen LogP contribution in [0.15, 0.2) is 24.5 Å². The van der Waals surface area contributed by atoms with Crippen LogP contribution in [0.5, 0.6) is 0 Å². The van der Waals surface area contributed by atoms with Crippen LogP contribution in [0.1, 0.15) is 37.7 Å². The molecule has 0 radical (unpaired) electrons. The van der Waals surface area contributed by atoms with Crippen molar-refractivity contribution in [2.24, 2.45) is 5.92 Å². The first-order valence-electron chi connectivity index (χ1n) is 8.67. The number of hydrogen-bond donors (Lipinski definition) is 0. The maximum atomic E-state index is 12.3. The lowest BCUT2D eigenvalue weighted by molar-refractivity contribution is -0.140. The van der Waals surface area contributed by atoms with Gasteiger partial charge in [0.05, 0.1) is 24.9 Å². The molecular weight excluding hydrogens is 292 g/mol. The van der Waals surface area contributed by atoms with Gasteiger partial charge in [-0.1, -0.05) is 0 Å². The van der Waals surface area contributed by atoms with Crippen LogP contribution in [0.4, 0.5) is 0 Å². The molecule has 1 saturated carbocycles. The average molecular weight is 316 g/mol. The highest BCUT2D eigenvalue weighted by atomic mass is 16.6. The van der Waals surface area contributed by atoms with E-state index in [2.05, 4.69) is 4.98 Å². The van der Waals surface area contributed by atoms with Gasteiger partial charge in [0, 0.05) is 37.8 Å². The molecule has 1 amide bonds. The van der Waals surface area contributed by atoms with Gasteiger partial charge >= 0.3 is 0 Å². The molecule has 3 heterocycles. The highest BCUT2D eigenvalue weighted by molar-refractivity contribution is 5.81. The summed E-state index contributed by atoms with van der Waals surface area (Å²) in [5.74, 6) is 0.638. The van der Waals surface area contributed by atoms with E-state index in [1.807, 2.05) is 17.0 Å². The minimum atomic E-state index is -0.175. The van der Waals surface area contributed by atoms with Crippen LogP contribution in [-0.2, 0) is 20.9 Å².